The monoisotopic (exact) mass is 266 g/mol. The molecular formula is C12H22N6O. The third-order valence-electron chi connectivity index (χ3n) is 2.34. The highest BCUT2D eigenvalue weighted by atomic mass is 16.2. The second-order valence-electron chi connectivity index (χ2n) is 4.27. The van der Waals surface area contributed by atoms with E-state index < -0.39 is 0 Å². The lowest BCUT2D eigenvalue weighted by Crippen LogP contribution is -2.37. The molecule has 0 fully saturated rings. The van der Waals surface area contributed by atoms with E-state index >= 15 is 0 Å². The number of hydrogen-bond donors (Lipinski definition) is 3. The van der Waals surface area contributed by atoms with Crippen molar-refractivity contribution in [3.05, 3.63) is 12.4 Å². The molecule has 2 amide bonds. The number of nitrogens with zero attached hydrogens (tertiary/aromatic N) is 3. The van der Waals surface area contributed by atoms with Crippen LogP contribution in [0.2, 0.25) is 0 Å². The van der Waals surface area contributed by atoms with Crippen LogP contribution in [0.15, 0.2) is 12.4 Å². The van der Waals surface area contributed by atoms with Crippen LogP contribution in [0, 0.1) is 0 Å². The van der Waals surface area contributed by atoms with Crippen molar-refractivity contribution < 1.29 is 4.79 Å². The molecule has 1 heterocycles. The van der Waals surface area contributed by atoms with Gasteiger partial charge in [0.1, 0.15) is 18.0 Å². The predicted molar refractivity (Wildman–Crippen MR) is 76.4 cm³/mol. The second kappa shape index (κ2) is 8.12. The van der Waals surface area contributed by atoms with Crippen molar-refractivity contribution in [2.75, 3.05) is 44.4 Å². The van der Waals surface area contributed by atoms with E-state index in [-0.39, 0.29) is 6.03 Å². The first kappa shape index (κ1) is 15.0. The Morgan fingerprint density at radius 1 is 1.16 bits per heavy atom. The molecule has 106 valence electrons. The normalized spacial score (nSPS) is 9.84. The van der Waals surface area contributed by atoms with Gasteiger partial charge >= 0.3 is 6.03 Å². The average molecular weight is 266 g/mol. The Kier molecular flexibility index (Phi) is 6.42. The van der Waals surface area contributed by atoms with Crippen molar-refractivity contribution in [3.8, 4) is 0 Å². The minimum Gasteiger partial charge on any atom is -0.370 e. The summed E-state index contributed by atoms with van der Waals surface area (Å²) < 4.78 is 0. The molecule has 1 aromatic heterocycles. The van der Waals surface area contributed by atoms with Crippen LogP contribution in [0.5, 0.6) is 0 Å². The highest BCUT2D eigenvalue weighted by Gasteiger charge is 2.01. The summed E-state index contributed by atoms with van der Waals surface area (Å²) in [5, 5.41) is 9.09. The molecule has 0 aliphatic heterocycles. The third-order valence-corrected chi connectivity index (χ3v) is 2.34. The Balaban J connectivity index is 2.31. The van der Waals surface area contributed by atoms with Crippen molar-refractivity contribution in [3.63, 3.8) is 0 Å². The van der Waals surface area contributed by atoms with Crippen LogP contribution in [-0.2, 0) is 0 Å². The van der Waals surface area contributed by atoms with Crippen LogP contribution < -0.4 is 16.0 Å². The molecule has 0 unspecified atom stereocenters. The summed E-state index contributed by atoms with van der Waals surface area (Å²) >= 11 is 0. The van der Waals surface area contributed by atoms with Crippen molar-refractivity contribution >= 4 is 17.7 Å². The lowest BCUT2D eigenvalue weighted by atomic mass is 10.4. The van der Waals surface area contributed by atoms with Crippen molar-refractivity contribution in [2.24, 2.45) is 0 Å². The molecule has 0 saturated carbocycles. The average Bonchev–Trinajstić information content (AvgIpc) is 2.41. The summed E-state index contributed by atoms with van der Waals surface area (Å²) in [6.07, 6.45) is 2.56. The van der Waals surface area contributed by atoms with E-state index in [0.717, 1.165) is 24.6 Å². The molecule has 1 rings (SSSR count). The topological polar surface area (TPSA) is 82.2 Å². The molecule has 0 aliphatic carbocycles. The summed E-state index contributed by atoms with van der Waals surface area (Å²) in [6, 6.07) is 1.75. The van der Waals surface area contributed by atoms with E-state index in [1.807, 2.05) is 6.07 Å². The molecular weight excluding hydrogens is 244 g/mol. The number of anilines is 2. The van der Waals surface area contributed by atoms with Gasteiger partial charge in [0.05, 0.1) is 0 Å². The molecule has 7 nitrogen and oxygen atoms in total. The zero-order valence-corrected chi connectivity index (χ0v) is 11.7. The molecule has 0 atom stereocenters. The quantitative estimate of drug-likeness (QED) is 0.641. The first-order chi connectivity index (χ1) is 9.13. The van der Waals surface area contributed by atoms with Crippen molar-refractivity contribution in [1.29, 1.82) is 0 Å². The first-order valence-corrected chi connectivity index (χ1v) is 6.38. The van der Waals surface area contributed by atoms with E-state index in [9.17, 15) is 4.79 Å². The highest BCUT2D eigenvalue weighted by molar-refractivity contribution is 5.73. The molecule has 7 heteroatoms. The lowest BCUT2D eigenvalue weighted by molar-refractivity contribution is 0.218. The maximum atomic E-state index is 11.3. The van der Waals surface area contributed by atoms with E-state index in [0.29, 0.717) is 13.1 Å². The summed E-state index contributed by atoms with van der Waals surface area (Å²) in [7, 11) is 3.41. The Hall–Kier alpha value is -2.05. The molecule has 1 aromatic rings. The number of carbonyl (C=O) groups excluding carboxylic acids is 1. The van der Waals surface area contributed by atoms with Crippen LogP contribution in [-0.4, -0.2) is 54.6 Å². The van der Waals surface area contributed by atoms with Gasteiger partial charge in [0.2, 0.25) is 0 Å². The van der Waals surface area contributed by atoms with Gasteiger partial charge in [-0.1, -0.05) is 6.92 Å². The lowest BCUT2D eigenvalue weighted by Gasteiger charge is -2.12. The number of urea groups is 1. The molecule has 0 spiro atoms. The van der Waals surface area contributed by atoms with Gasteiger partial charge in [-0.3, -0.25) is 0 Å². The number of carbonyl (C=O) groups is 1. The SMILES string of the molecule is CCCNc1cc(NCCNC(=O)N(C)C)ncn1. The molecule has 0 bridgehead atoms. The molecule has 0 aromatic carbocycles. The summed E-state index contributed by atoms with van der Waals surface area (Å²) in [4.78, 5) is 21.0. The molecule has 19 heavy (non-hydrogen) atoms. The molecule has 0 saturated heterocycles. The van der Waals surface area contributed by atoms with E-state index in [1.165, 1.54) is 11.2 Å². The Morgan fingerprint density at radius 2 is 1.79 bits per heavy atom. The van der Waals surface area contributed by atoms with Gasteiger partial charge in [0, 0.05) is 39.8 Å². The fourth-order valence-corrected chi connectivity index (χ4v) is 1.32. The zero-order chi connectivity index (χ0) is 14.1. The zero-order valence-electron chi connectivity index (χ0n) is 11.7. The Labute approximate surface area is 113 Å². The van der Waals surface area contributed by atoms with Gasteiger partial charge in [-0.15, -0.1) is 0 Å². The van der Waals surface area contributed by atoms with E-state index in [1.54, 1.807) is 14.1 Å². The Bertz CT molecular complexity index is 396. The molecule has 3 N–H and O–H groups in total. The van der Waals surface area contributed by atoms with Gasteiger partial charge < -0.3 is 20.9 Å². The standard InChI is InChI=1S/C12H22N6O/c1-4-5-13-10-8-11(17-9-16-10)14-6-7-15-12(19)18(2)3/h8-9H,4-7H2,1-3H3,(H,15,19)(H2,13,14,16,17). The van der Waals surface area contributed by atoms with Crippen LogP contribution in [0.4, 0.5) is 16.4 Å². The van der Waals surface area contributed by atoms with Gasteiger partial charge in [0.25, 0.3) is 0 Å². The van der Waals surface area contributed by atoms with Gasteiger partial charge in [-0.05, 0) is 6.42 Å². The fourth-order valence-electron chi connectivity index (χ4n) is 1.32. The summed E-state index contributed by atoms with van der Waals surface area (Å²) in [5.41, 5.74) is 0. The minimum absolute atomic E-state index is 0.102. The fraction of sp³-hybridized carbons (Fsp3) is 0.583. The molecule has 0 aliphatic rings. The third kappa shape index (κ3) is 5.89. The van der Waals surface area contributed by atoms with E-state index in [2.05, 4.69) is 32.8 Å². The maximum Gasteiger partial charge on any atom is 0.316 e. The number of nitrogens with one attached hydrogen (secondary N) is 3. The van der Waals surface area contributed by atoms with Gasteiger partial charge in [0.15, 0.2) is 0 Å². The maximum absolute atomic E-state index is 11.3. The number of hydrogen-bond acceptors (Lipinski definition) is 5. The van der Waals surface area contributed by atoms with E-state index in [4.69, 9.17) is 0 Å². The minimum atomic E-state index is -0.102. The smallest absolute Gasteiger partial charge is 0.316 e. The van der Waals surface area contributed by atoms with Crippen LogP contribution in [0.1, 0.15) is 13.3 Å². The van der Waals surface area contributed by atoms with Crippen molar-refractivity contribution in [1.82, 2.24) is 20.2 Å². The predicted octanol–water partition coefficient (Wildman–Crippen LogP) is 0.982. The van der Waals surface area contributed by atoms with Crippen LogP contribution >= 0.6 is 0 Å². The highest BCUT2D eigenvalue weighted by Crippen LogP contribution is 2.07. The Morgan fingerprint density at radius 3 is 2.37 bits per heavy atom. The van der Waals surface area contributed by atoms with Crippen molar-refractivity contribution in [2.45, 2.75) is 13.3 Å². The van der Waals surface area contributed by atoms with Gasteiger partial charge in [-0.2, -0.15) is 0 Å². The second-order valence-corrected chi connectivity index (χ2v) is 4.27. The van der Waals surface area contributed by atoms with Crippen LogP contribution in [0.25, 0.3) is 0 Å². The summed E-state index contributed by atoms with van der Waals surface area (Å²) in [5.74, 6) is 1.55. The largest absolute Gasteiger partial charge is 0.370 e. The number of rotatable bonds is 7. The molecule has 0 radical (unpaired) electrons. The number of aromatic nitrogens is 2. The first-order valence-electron chi connectivity index (χ1n) is 6.38. The summed E-state index contributed by atoms with van der Waals surface area (Å²) in [6.45, 7) is 4.14. The van der Waals surface area contributed by atoms with Gasteiger partial charge in [-0.25, -0.2) is 14.8 Å². The van der Waals surface area contributed by atoms with Crippen LogP contribution in [0.3, 0.4) is 0 Å². The number of amides is 2.